The minimum atomic E-state index is -0.162. The average molecular weight is 367 g/mol. The third-order valence-electron chi connectivity index (χ3n) is 3.93. The summed E-state index contributed by atoms with van der Waals surface area (Å²) in [4.78, 5) is 16.8. The number of amides is 1. The molecule has 1 N–H and O–H groups in total. The molecule has 120 valence electrons. The number of benzene rings is 1. The third kappa shape index (κ3) is 4.14. The van der Waals surface area contributed by atoms with Gasteiger partial charge in [0, 0.05) is 17.2 Å². The van der Waals surface area contributed by atoms with E-state index in [1.807, 2.05) is 11.4 Å². The highest BCUT2D eigenvalue weighted by atomic mass is 35.5. The second kappa shape index (κ2) is 7.47. The number of anilines is 1. The minimum absolute atomic E-state index is 0.162. The highest BCUT2D eigenvalue weighted by Crippen LogP contribution is 2.32. The van der Waals surface area contributed by atoms with Gasteiger partial charge in [-0.25, -0.2) is 4.98 Å². The van der Waals surface area contributed by atoms with Gasteiger partial charge in [0.2, 0.25) is 0 Å². The quantitative estimate of drug-likeness (QED) is 0.708. The first-order valence-electron chi connectivity index (χ1n) is 7.51. The Balaban J connectivity index is 1.92. The number of nitrogens with one attached hydrogen (secondary N) is 1. The van der Waals surface area contributed by atoms with Crippen molar-refractivity contribution in [1.29, 1.82) is 0 Å². The van der Waals surface area contributed by atoms with Gasteiger partial charge >= 0.3 is 0 Å². The molecule has 0 atom stereocenters. The van der Waals surface area contributed by atoms with E-state index in [4.69, 9.17) is 23.2 Å². The molecular weight excluding hydrogens is 351 g/mol. The van der Waals surface area contributed by atoms with E-state index in [1.54, 1.807) is 18.3 Å². The SMILES string of the molecule is O=C(Nc1nccs1)/C(=C/C1CCCC1)c1ccc(Cl)c(Cl)c1. The number of allylic oxidation sites excluding steroid dienone is 1. The Bertz CT molecular complexity index is 722. The van der Waals surface area contributed by atoms with Crippen LogP contribution in [0.4, 0.5) is 5.13 Å². The molecule has 0 unspecified atom stereocenters. The summed E-state index contributed by atoms with van der Waals surface area (Å²) in [5.41, 5.74) is 1.41. The second-order valence-electron chi connectivity index (χ2n) is 5.55. The molecular formula is C17H16Cl2N2OS. The van der Waals surface area contributed by atoms with Gasteiger partial charge in [0.15, 0.2) is 5.13 Å². The number of hydrogen-bond donors (Lipinski definition) is 1. The van der Waals surface area contributed by atoms with E-state index >= 15 is 0 Å². The van der Waals surface area contributed by atoms with Gasteiger partial charge in [-0.15, -0.1) is 11.3 Å². The van der Waals surface area contributed by atoms with Gasteiger partial charge in [0.05, 0.1) is 10.0 Å². The molecule has 0 radical (unpaired) electrons. The van der Waals surface area contributed by atoms with Gasteiger partial charge in [-0.3, -0.25) is 10.1 Å². The van der Waals surface area contributed by atoms with Crippen LogP contribution in [0.15, 0.2) is 35.9 Å². The van der Waals surface area contributed by atoms with E-state index < -0.39 is 0 Å². The van der Waals surface area contributed by atoms with Gasteiger partial charge in [-0.05, 0) is 36.5 Å². The first-order chi connectivity index (χ1) is 11.1. The summed E-state index contributed by atoms with van der Waals surface area (Å²) in [6, 6.07) is 5.29. The molecule has 1 aliphatic carbocycles. The lowest BCUT2D eigenvalue weighted by Crippen LogP contribution is -2.14. The summed E-state index contributed by atoms with van der Waals surface area (Å²) >= 11 is 13.5. The second-order valence-corrected chi connectivity index (χ2v) is 7.25. The zero-order valence-corrected chi connectivity index (χ0v) is 14.7. The predicted octanol–water partition coefficient (Wildman–Crippen LogP) is 5.66. The first kappa shape index (κ1) is 16.5. The molecule has 3 nitrogen and oxygen atoms in total. The number of rotatable bonds is 4. The van der Waals surface area contributed by atoms with Crippen LogP contribution in [0.2, 0.25) is 10.0 Å². The van der Waals surface area contributed by atoms with Crippen LogP contribution in [0.25, 0.3) is 5.57 Å². The molecule has 1 aromatic heterocycles. The van der Waals surface area contributed by atoms with Crippen LogP contribution < -0.4 is 5.32 Å². The van der Waals surface area contributed by atoms with Gasteiger partial charge in [-0.1, -0.05) is 48.2 Å². The predicted molar refractivity (Wildman–Crippen MR) is 97.1 cm³/mol. The van der Waals surface area contributed by atoms with E-state index in [-0.39, 0.29) is 5.91 Å². The fourth-order valence-corrected chi connectivity index (χ4v) is 3.60. The Morgan fingerprint density at radius 2 is 2.04 bits per heavy atom. The summed E-state index contributed by atoms with van der Waals surface area (Å²) in [6.07, 6.45) is 8.40. The number of thiazole rings is 1. The molecule has 0 saturated heterocycles. The Kier molecular flexibility index (Phi) is 5.36. The highest BCUT2D eigenvalue weighted by Gasteiger charge is 2.19. The molecule has 0 aliphatic heterocycles. The van der Waals surface area contributed by atoms with E-state index in [0.717, 1.165) is 18.4 Å². The minimum Gasteiger partial charge on any atom is -0.298 e. The molecule has 3 rings (SSSR count). The van der Waals surface area contributed by atoms with Crippen LogP contribution in [0.5, 0.6) is 0 Å². The number of hydrogen-bond acceptors (Lipinski definition) is 3. The van der Waals surface area contributed by atoms with Crippen LogP contribution >= 0.6 is 34.5 Å². The van der Waals surface area contributed by atoms with Crippen molar-refractivity contribution in [2.45, 2.75) is 25.7 Å². The van der Waals surface area contributed by atoms with E-state index in [0.29, 0.717) is 26.7 Å². The Morgan fingerprint density at radius 3 is 2.70 bits per heavy atom. The Labute approximate surface area is 149 Å². The molecule has 1 fully saturated rings. The van der Waals surface area contributed by atoms with Crippen LogP contribution in [0.3, 0.4) is 0 Å². The molecule has 1 amide bonds. The van der Waals surface area contributed by atoms with Crippen molar-refractivity contribution in [3.05, 3.63) is 51.5 Å². The van der Waals surface area contributed by atoms with Crippen molar-refractivity contribution < 1.29 is 4.79 Å². The normalized spacial score (nSPS) is 15.8. The van der Waals surface area contributed by atoms with E-state index in [1.165, 1.54) is 24.2 Å². The number of halogens is 2. The third-order valence-corrected chi connectivity index (χ3v) is 5.36. The van der Waals surface area contributed by atoms with Crippen LogP contribution in [-0.2, 0) is 4.79 Å². The summed E-state index contributed by atoms with van der Waals surface area (Å²) in [5.74, 6) is 0.270. The topological polar surface area (TPSA) is 42.0 Å². The number of carbonyl (C=O) groups excluding carboxylic acids is 1. The lowest BCUT2D eigenvalue weighted by Gasteiger charge is -2.11. The summed E-state index contributed by atoms with van der Waals surface area (Å²) in [6.45, 7) is 0. The zero-order chi connectivity index (χ0) is 16.2. The maximum absolute atomic E-state index is 12.7. The summed E-state index contributed by atoms with van der Waals surface area (Å²) in [7, 11) is 0. The molecule has 1 aromatic carbocycles. The summed E-state index contributed by atoms with van der Waals surface area (Å²) in [5, 5.41) is 6.20. The monoisotopic (exact) mass is 366 g/mol. The molecule has 6 heteroatoms. The van der Waals surface area contributed by atoms with Crippen LogP contribution in [0, 0.1) is 5.92 Å². The number of aromatic nitrogens is 1. The molecule has 2 aromatic rings. The summed E-state index contributed by atoms with van der Waals surface area (Å²) < 4.78 is 0. The van der Waals surface area contributed by atoms with Gasteiger partial charge < -0.3 is 0 Å². The maximum atomic E-state index is 12.7. The van der Waals surface area contributed by atoms with Gasteiger partial charge in [0.1, 0.15) is 0 Å². The Morgan fingerprint density at radius 1 is 1.26 bits per heavy atom. The lowest BCUT2D eigenvalue weighted by molar-refractivity contribution is -0.111. The van der Waals surface area contributed by atoms with Crippen molar-refractivity contribution in [3.63, 3.8) is 0 Å². The van der Waals surface area contributed by atoms with Crippen molar-refractivity contribution >= 4 is 51.2 Å². The lowest BCUT2D eigenvalue weighted by atomic mass is 9.98. The van der Waals surface area contributed by atoms with Crippen LogP contribution in [-0.4, -0.2) is 10.9 Å². The largest absolute Gasteiger partial charge is 0.298 e. The maximum Gasteiger partial charge on any atom is 0.257 e. The molecule has 0 bridgehead atoms. The zero-order valence-electron chi connectivity index (χ0n) is 12.4. The standard InChI is InChI=1S/C17H16Cl2N2OS/c18-14-6-5-12(10-15(14)19)13(9-11-3-1-2-4-11)16(22)21-17-20-7-8-23-17/h5-11H,1-4H2,(H,20,21,22)/b13-9+. The Hall–Kier alpha value is -1.36. The fourth-order valence-electron chi connectivity index (χ4n) is 2.78. The van der Waals surface area contributed by atoms with Gasteiger partial charge in [-0.2, -0.15) is 0 Å². The first-order valence-corrected chi connectivity index (χ1v) is 9.15. The van der Waals surface area contributed by atoms with Crippen molar-refractivity contribution in [1.82, 2.24) is 4.98 Å². The molecule has 0 spiro atoms. The highest BCUT2D eigenvalue weighted by molar-refractivity contribution is 7.13. The number of nitrogens with zero attached hydrogens (tertiary/aromatic N) is 1. The molecule has 23 heavy (non-hydrogen) atoms. The van der Waals surface area contributed by atoms with E-state index in [2.05, 4.69) is 16.4 Å². The number of carbonyl (C=O) groups is 1. The van der Waals surface area contributed by atoms with Crippen LogP contribution in [0.1, 0.15) is 31.2 Å². The molecule has 1 aliphatic rings. The molecule has 1 saturated carbocycles. The smallest absolute Gasteiger partial charge is 0.257 e. The molecule has 1 heterocycles. The van der Waals surface area contributed by atoms with Crippen molar-refractivity contribution in [3.8, 4) is 0 Å². The van der Waals surface area contributed by atoms with Crippen molar-refractivity contribution in [2.24, 2.45) is 5.92 Å². The fraction of sp³-hybridized carbons (Fsp3) is 0.294. The van der Waals surface area contributed by atoms with Gasteiger partial charge in [0.25, 0.3) is 5.91 Å². The van der Waals surface area contributed by atoms with E-state index in [9.17, 15) is 4.79 Å². The van der Waals surface area contributed by atoms with Crippen molar-refractivity contribution in [2.75, 3.05) is 5.32 Å². The average Bonchev–Trinajstić information content (AvgIpc) is 3.21.